The molecule has 0 radical (unpaired) electrons. The van der Waals surface area contributed by atoms with Gasteiger partial charge in [-0.2, -0.15) is 0 Å². The summed E-state index contributed by atoms with van der Waals surface area (Å²) in [7, 11) is -0.374. The molecule has 0 aromatic heterocycles. The van der Waals surface area contributed by atoms with Gasteiger partial charge in [0.25, 0.3) is 0 Å². The lowest BCUT2D eigenvalue weighted by molar-refractivity contribution is -0.0892. The van der Waals surface area contributed by atoms with Crippen LogP contribution in [0.25, 0.3) is 0 Å². The monoisotopic (exact) mass is 389 g/mol. The molecule has 0 unspecified atom stereocenters. The van der Waals surface area contributed by atoms with E-state index in [9.17, 15) is 9.90 Å². The van der Waals surface area contributed by atoms with E-state index in [-0.39, 0.29) is 12.5 Å². The molecule has 1 saturated carbocycles. The van der Waals surface area contributed by atoms with Crippen molar-refractivity contribution < 1.29 is 23.9 Å². The SMILES string of the molecule is CC1(C)COB(c2ccc(C3(NC(=O)OC(C)(C)C)CC(C)(O)C3)cc2)OC1. The van der Waals surface area contributed by atoms with Crippen molar-refractivity contribution in [1.29, 1.82) is 0 Å². The van der Waals surface area contributed by atoms with Crippen LogP contribution in [-0.2, 0) is 19.6 Å². The van der Waals surface area contributed by atoms with Gasteiger partial charge in [0, 0.05) is 31.5 Å². The van der Waals surface area contributed by atoms with Gasteiger partial charge in [0.05, 0.1) is 11.1 Å². The molecule has 2 fully saturated rings. The molecule has 3 rings (SSSR count). The number of nitrogens with one attached hydrogen (secondary N) is 1. The number of hydrogen-bond acceptors (Lipinski definition) is 5. The number of hydrogen-bond donors (Lipinski definition) is 2. The van der Waals surface area contributed by atoms with Crippen molar-refractivity contribution in [3.05, 3.63) is 29.8 Å². The van der Waals surface area contributed by atoms with Crippen molar-refractivity contribution in [1.82, 2.24) is 5.32 Å². The summed E-state index contributed by atoms with van der Waals surface area (Å²) in [4.78, 5) is 12.4. The van der Waals surface area contributed by atoms with Crippen molar-refractivity contribution in [2.75, 3.05) is 13.2 Å². The van der Waals surface area contributed by atoms with E-state index in [0.29, 0.717) is 26.1 Å². The van der Waals surface area contributed by atoms with Crippen molar-refractivity contribution >= 4 is 18.7 Å². The topological polar surface area (TPSA) is 77.0 Å². The Morgan fingerprint density at radius 1 is 1.11 bits per heavy atom. The molecule has 0 atom stereocenters. The molecule has 2 N–H and O–H groups in total. The van der Waals surface area contributed by atoms with E-state index in [1.54, 1.807) is 6.92 Å². The quantitative estimate of drug-likeness (QED) is 0.778. The molecule has 7 heteroatoms. The average molecular weight is 389 g/mol. The average Bonchev–Trinajstić information content (AvgIpc) is 2.51. The fourth-order valence-electron chi connectivity index (χ4n) is 3.96. The minimum atomic E-state index is -0.811. The van der Waals surface area contributed by atoms with Gasteiger partial charge in [-0.05, 0) is 38.7 Å². The predicted molar refractivity (Wildman–Crippen MR) is 108 cm³/mol. The van der Waals surface area contributed by atoms with Gasteiger partial charge >= 0.3 is 13.2 Å². The summed E-state index contributed by atoms with van der Waals surface area (Å²) in [5.41, 5.74) is -0.127. The summed E-state index contributed by atoms with van der Waals surface area (Å²) < 4.78 is 17.1. The van der Waals surface area contributed by atoms with E-state index in [2.05, 4.69) is 19.2 Å². The number of rotatable bonds is 3. The lowest BCUT2D eigenvalue weighted by Gasteiger charge is -2.52. The second kappa shape index (κ2) is 7.04. The van der Waals surface area contributed by atoms with E-state index in [1.165, 1.54) is 0 Å². The first-order chi connectivity index (χ1) is 12.8. The molecule has 1 saturated heterocycles. The molecule has 28 heavy (non-hydrogen) atoms. The summed E-state index contributed by atoms with van der Waals surface area (Å²) in [6.07, 6.45) is 0.389. The Kier molecular flexibility index (Phi) is 5.32. The van der Waals surface area contributed by atoms with E-state index >= 15 is 0 Å². The van der Waals surface area contributed by atoms with Crippen molar-refractivity contribution in [2.45, 2.75) is 71.1 Å². The summed E-state index contributed by atoms with van der Waals surface area (Å²) in [5, 5.41) is 13.3. The normalized spacial score (nSPS) is 29.8. The Labute approximate surface area is 168 Å². The maximum atomic E-state index is 12.4. The largest absolute Gasteiger partial charge is 0.493 e. The Morgan fingerprint density at radius 3 is 2.11 bits per heavy atom. The van der Waals surface area contributed by atoms with Crippen LogP contribution < -0.4 is 10.8 Å². The Balaban J connectivity index is 1.74. The number of aliphatic hydroxyl groups is 1. The van der Waals surface area contributed by atoms with Crippen LogP contribution in [0.5, 0.6) is 0 Å². The van der Waals surface area contributed by atoms with Crippen molar-refractivity contribution in [2.24, 2.45) is 5.41 Å². The van der Waals surface area contributed by atoms with Crippen molar-refractivity contribution in [3.8, 4) is 0 Å². The summed E-state index contributed by atoms with van der Waals surface area (Å²) >= 11 is 0. The Bertz CT molecular complexity index is 705. The van der Waals surface area contributed by atoms with Crippen LogP contribution in [-0.4, -0.2) is 42.7 Å². The molecule has 1 heterocycles. The fourth-order valence-corrected chi connectivity index (χ4v) is 3.96. The number of carbonyl (C=O) groups is 1. The van der Waals surface area contributed by atoms with Crippen LogP contribution in [0.1, 0.15) is 59.9 Å². The van der Waals surface area contributed by atoms with E-state index < -0.39 is 22.8 Å². The van der Waals surface area contributed by atoms with Gasteiger partial charge in [0.1, 0.15) is 5.60 Å². The molecule has 1 aliphatic heterocycles. The second-order valence-corrected chi connectivity index (χ2v) is 10.3. The molecule has 154 valence electrons. The van der Waals surface area contributed by atoms with Crippen LogP contribution in [0.3, 0.4) is 0 Å². The zero-order chi connectivity index (χ0) is 20.8. The molecule has 0 spiro atoms. The first-order valence-electron chi connectivity index (χ1n) is 9.87. The number of benzene rings is 1. The zero-order valence-corrected chi connectivity index (χ0v) is 17.8. The molecule has 1 aromatic carbocycles. The van der Waals surface area contributed by atoms with Gasteiger partial charge < -0.3 is 24.5 Å². The van der Waals surface area contributed by atoms with Gasteiger partial charge in [0.15, 0.2) is 0 Å². The lowest BCUT2D eigenvalue weighted by Crippen LogP contribution is -2.62. The highest BCUT2D eigenvalue weighted by molar-refractivity contribution is 6.61. The summed E-state index contributed by atoms with van der Waals surface area (Å²) in [5.74, 6) is 0. The minimum absolute atomic E-state index is 0.0232. The first kappa shape index (κ1) is 21.2. The Hall–Kier alpha value is -1.57. The lowest BCUT2D eigenvalue weighted by atomic mass is 9.62. The maximum Gasteiger partial charge on any atom is 0.493 e. The van der Waals surface area contributed by atoms with Crippen LogP contribution in [0.4, 0.5) is 4.79 Å². The van der Waals surface area contributed by atoms with Crippen LogP contribution in [0.15, 0.2) is 24.3 Å². The first-order valence-corrected chi connectivity index (χ1v) is 9.87. The molecular weight excluding hydrogens is 357 g/mol. The van der Waals surface area contributed by atoms with Gasteiger partial charge in [-0.15, -0.1) is 0 Å². The highest BCUT2D eigenvalue weighted by Crippen LogP contribution is 2.48. The zero-order valence-electron chi connectivity index (χ0n) is 17.8. The summed E-state index contributed by atoms with van der Waals surface area (Å²) in [6, 6.07) is 7.86. The number of carbonyl (C=O) groups excluding carboxylic acids is 1. The molecule has 1 aromatic rings. The smallest absolute Gasteiger partial charge is 0.444 e. The number of ether oxygens (including phenoxy) is 1. The maximum absolute atomic E-state index is 12.4. The molecule has 1 amide bonds. The van der Waals surface area contributed by atoms with Crippen LogP contribution in [0.2, 0.25) is 0 Å². The van der Waals surface area contributed by atoms with Gasteiger partial charge in [-0.25, -0.2) is 4.79 Å². The van der Waals surface area contributed by atoms with Crippen LogP contribution >= 0.6 is 0 Å². The third kappa shape index (κ3) is 4.88. The third-order valence-electron chi connectivity index (χ3n) is 5.09. The molecule has 6 nitrogen and oxygen atoms in total. The van der Waals surface area contributed by atoms with E-state index in [1.807, 2.05) is 45.0 Å². The molecular formula is C21H32BNO5. The standard InChI is InChI=1S/C21H32BNO5/c1-18(2,3)28-17(24)23-21(11-20(6,25)12-21)15-7-9-16(10-8-15)22-26-13-19(4,5)14-27-22/h7-10,25H,11-14H2,1-6H3,(H,23,24). The number of alkyl carbamates (subject to hydrolysis) is 1. The second-order valence-electron chi connectivity index (χ2n) is 10.3. The van der Waals surface area contributed by atoms with Gasteiger partial charge in [-0.1, -0.05) is 38.1 Å². The summed E-state index contributed by atoms with van der Waals surface area (Å²) in [6.45, 7) is 12.8. The van der Waals surface area contributed by atoms with Gasteiger partial charge in [0.2, 0.25) is 0 Å². The van der Waals surface area contributed by atoms with E-state index in [4.69, 9.17) is 14.0 Å². The highest BCUT2D eigenvalue weighted by Gasteiger charge is 2.53. The predicted octanol–water partition coefficient (Wildman–Crippen LogP) is 2.72. The highest BCUT2D eigenvalue weighted by atomic mass is 16.6. The Morgan fingerprint density at radius 2 is 1.64 bits per heavy atom. The van der Waals surface area contributed by atoms with Crippen molar-refractivity contribution in [3.63, 3.8) is 0 Å². The fraction of sp³-hybridized carbons (Fsp3) is 0.667. The molecule has 1 aliphatic carbocycles. The van der Waals surface area contributed by atoms with Crippen LogP contribution in [0, 0.1) is 5.41 Å². The molecule has 2 aliphatic rings. The van der Waals surface area contributed by atoms with Gasteiger partial charge in [-0.3, -0.25) is 0 Å². The van der Waals surface area contributed by atoms with E-state index in [0.717, 1.165) is 11.0 Å². The third-order valence-corrected chi connectivity index (χ3v) is 5.09. The minimum Gasteiger partial charge on any atom is -0.444 e. The molecule has 0 bridgehead atoms. The number of amides is 1.